The Bertz CT molecular complexity index is 438. The highest BCUT2D eigenvalue weighted by atomic mass is 16.5. The van der Waals surface area contributed by atoms with E-state index >= 15 is 0 Å². The van der Waals surface area contributed by atoms with Crippen LogP contribution >= 0.6 is 0 Å². The van der Waals surface area contributed by atoms with Gasteiger partial charge in [0.15, 0.2) is 0 Å². The molecule has 0 aliphatic carbocycles. The lowest BCUT2D eigenvalue weighted by Crippen LogP contribution is -2.43. The summed E-state index contributed by atoms with van der Waals surface area (Å²) in [7, 11) is 1.79. The third-order valence-corrected chi connectivity index (χ3v) is 3.74. The molecular formula is C15H20N2O. The van der Waals surface area contributed by atoms with E-state index in [0.29, 0.717) is 12.0 Å². The number of hydrogen-bond donors (Lipinski definition) is 0. The Balaban J connectivity index is 1.99. The van der Waals surface area contributed by atoms with Crippen molar-refractivity contribution in [2.75, 3.05) is 20.2 Å². The van der Waals surface area contributed by atoms with Gasteiger partial charge >= 0.3 is 0 Å². The molecular weight excluding hydrogens is 224 g/mol. The topological polar surface area (TPSA) is 36.3 Å². The normalized spacial score (nSPS) is 24.7. The molecule has 0 saturated carbocycles. The van der Waals surface area contributed by atoms with Gasteiger partial charge in [0.25, 0.3) is 0 Å². The van der Waals surface area contributed by atoms with Crippen LogP contribution in [0.25, 0.3) is 0 Å². The van der Waals surface area contributed by atoms with E-state index in [1.54, 1.807) is 7.11 Å². The number of piperidine rings is 1. The van der Waals surface area contributed by atoms with Gasteiger partial charge < -0.3 is 4.74 Å². The molecule has 0 bridgehead atoms. The molecule has 1 heterocycles. The van der Waals surface area contributed by atoms with Crippen molar-refractivity contribution in [1.29, 1.82) is 5.26 Å². The molecule has 1 saturated heterocycles. The summed E-state index contributed by atoms with van der Waals surface area (Å²) in [6, 6.07) is 10.0. The summed E-state index contributed by atoms with van der Waals surface area (Å²) < 4.78 is 5.52. The van der Waals surface area contributed by atoms with E-state index in [4.69, 9.17) is 10.00 Å². The second kappa shape index (κ2) is 5.99. The number of likely N-dealkylation sites (tertiary alicyclic amines) is 1. The van der Waals surface area contributed by atoms with Crippen molar-refractivity contribution in [3.05, 3.63) is 35.4 Å². The lowest BCUT2D eigenvalue weighted by atomic mass is 9.95. The van der Waals surface area contributed by atoms with Gasteiger partial charge in [-0.2, -0.15) is 5.26 Å². The van der Waals surface area contributed by atoms with Gasteiger partial charge in [-0.25, -0.2) is 0 Å². The van der Waals surface area contributed by atoms with E-state index in [1.807, 2.05) is 18.2 Å². The molecule has 0 aromatic heterocycles. The Kier molecular flexibility index (Phi) is 4.35. The first-order chi connectivity index (χ1) is 8.72. The average Bonchev–Trinajstić information content (AvgIpc) is 2.41. The van der Waals surface area contributed by atoms with Crippen LogP contribution in [-0.2, 0) is 11.3 Å². The second-order valence-corrected chi connectivity index (χ2v) is 5.09. The zero-order valence-corrected chi connectivity index (χ0v) is 11.1. The van der Waals surface area contributed by atoms with Gasteiger partial charge in [-0.3, -0.25) is 4.90 Å². The third kappa shape index (κ3) is 3.10. The molecule has 18 heavy (non-hydrogen) atoms. The van der Waals surface area contributed by atoms with Crippen molar-refractivity contribution >= 4 is 0 Å². The number of benzene rings is 1. The van der Waals surface area contributed by atoms with Crippen LogP contribution in [-0.4, -0.2) is 31.2 Å². The Hall–Kier alpha value is -1.37. The van der Waals surface area contributed by atoms with Crippen molar-refractivity contribution < 1.29 is 4.74 Å². The quantitative estimate of drug-likeness (QED) is 0.819. The van der Waals surface area contributed by atoms with Crippen molar-refractivity contribution in [2.24, 2.45) is 5.92 Å². The minimum atomic E-state index is 0.331. The fraction of sp³-hybridized carbons (Fsp3) is 0.533. The molecule has 3 heteroatoms. The number of methoxy groups -OCH3 is 1. The van der Waals surface area contributed by atoms with E-state index < -0.39 is 0 Å². The fourth-order valence-electron chi connectivity index (χ4n) is 2.55. The smallest absolute Gasteiger partial charge is 0.0991 e. The van der Waals surface area contributed by atoms with Crippen LogP contribution < -0.4 is 0 Å². The first-order valence-electron chi connectivity index (χ1n) is 6.47. The van der Waals surface area contributed by atoms with Gasteiger partial charge in [-0.1, -0.05) is 19.1 Å². The van der Waals surface area contributed by atoms with E-state index in [9.17, 15) is 0 Å². The Morgan fingerprint density at radius 3 is 3.06 bits per heavy atom. The number of nitrogens with zero attached hydrogens (tertiary/aromatic N) is 2. The van der Waals surface area contributed by atoms with Gasteiger partial charge in [0.1, 0.15) is 0 Å². The second-order valence-electron chi connectivity index (χ2n) is 5.09. The maximum absolute atomic E-state index is 8.90. The highest BCUT2D eigenvalue weighted by Crippen LogP contribution is 2.21. The molecule has 1 fully saturated rings. The predicted octanol–water partition coefficient (Wildman–Crippen LogP) is 2.42. The van der Waals surface area contributed by atoms with E-state index in [2.05, 4.69) is 24.0 Å². The standard InChI is InChI=1S/C15H20N2O/c1-12-6-7-17(11-15(12)18-2)10-14-5-3-4-13(8-14)9-16/h3-5,8,12,15H,6-7,10-11H2,1-2H3. The third-order valence-electron chi connectivity index (χ3n) is 3.74. The number of rotatable bonds is 3. The lowest BCUT2D eigenvalue weighted by Gasteiger charge is -2.36. The van der Waals surface area contributed by atoms with Gasteiger partial charge in [-0.15, -0.1) is 0 Å². The number of hydrogen-bond acceptors (Lipinski definition) is 3. The molecule has 1 aromatic carbocycles. The van der Waals surface area contributed by atoms with Crippen LogP contribution in [0.3, 0.4) is 0 Å². The van der Waals surface area contributed by atoms with Gasteiger partial charge in [0, 0.05) is 20.2 Å². The number of nitriles is 1. The molecule has 0 N–H and O–H groups in total. The highest BCUT2D eigenvalue weighted by molar-refractivity contribution is 5.32. The summed E-state index contributed by atoms with van der Waals surface area (Å²) in [5.74, 6) is 0.636. The molecule has 1 aromatic rings. The minimum Gasteiger partial charge on any atom is -0.380 e. The Labute approximate surface area is 109 Å². The van der Waals surface area contributed by atoms with Crippen molar-refractivity contribution in [3.8, 4) is 6.07 Å². The molecule has 0 spiro atoms. The average molecular weight is 244 g/mol. The van der Waals surface area contributed by atoms with Gasteiger partial charge in [0.2, 0.25) is 0 Å². The van der Waals surface area contributed by atoms with Crippen molar-refractivity contribution in [1.82, 2.24) is 4.90 Å². The molecule has 0 amide bonds. The fourth-order valence-corrected chi connectivity index (χ4v) is 2.55. The SMILES string of the molecule is COC1CN(Cc2cccc(C#N)c2)CCC1C. The van der Waals surface area contributed by atoms with Crippen LogP contribution in [0.4, 0.5) is 0 Å². The minimum absolute atomic E-state index is 0.331. The molecule has 0 radical (unpaired) electrons. The van der Waals surface area contributed by atoms with Crippen LogP contribution in [0, 0.1) is 17.2 Å². The summed E-state index contributed by atoms with van der Waals surface area (Å²) in [5.41, 5.74) is 1.94. The molecule has 2 atom stereocenters. The van der Waals surface area contributed by atoms with Crippen molar-refractivity contribution in [3.63, 3.8) is 0 Å². The predicted molar refractivity (Wildman–Crippen MR) is 71.0 cm³/mol. The molecule has 3 nitrogen and oxygen atoms in total. The van der Waals surface area contributed by atoms with E-state index in [0.717, 1.165) is 25.2 Å². The summed E-state index contributed by atoms with van der Waals surface area (Å²) in [6.45, 7) is 5.25. The maximum atomic E-state index is 8.90. The van der Waals surface area contributed by atoms with Crippen LogP contribution in [0.15, 0.2) is 24.3 Å². The summed E-state index contributed by atoms with van der Waals surface area (Å²) in [5, 5.41) is 8.90. The summed E-state index contributed by atoms with van der Waals surface area (Å²) in [6.07, 6.45) is 1.51. The summed E-state index contributed by atoms with van der Waals surface area (Å²) >= 11 is 0. The van der Waals surface area contributed by atoms with Gasteiger partial charge in [0.05, 0.1) is 17.7 Å². The zero-order chi connectivity index (χ0) is 13.0. The Morgan fingerprint density at radius 1 is 1.50 bits per heavy atom. The highest BCUT2D eigenvalue weighted by Gasteiger charge is 2.25. The first kappa shape index (κ1) is 13.1. The summed E-state index contributed by atoms with van der Waals surface area (Å²) in [4.78, 5) is 2.41. The van der Waals surface area contributed by atoms with Crippen LogP contribution in [0.1, 0.15) is 24.5 Å². The van der Waals surface area contributed by atoms with E-state index in [1.165, 1.54) is 12.0 Å². The largest absolute Gasteiger partial charge is 0.380 e. The van der Waals surface area contributed by atoms with Crippen molar-refractivity contribution in [2.45, 2.75) is 26.0 Å². The van der Waals surface area contributed by atoms with Gasteiger partial charge in [-0.05, 0) is 36.6 Å². The lowest BCUT2D eigenvalue weighted by molar-refractivity contribution is -0.00744. The van der Waals surface area contributed by atoms with E-state index in [-0.39, 0.29) is 0 Å². The molecule has 96 valence electrons. The molecule has 1 aliphatic heterocycles. The molecule has 1 aliphatic rings. The van der Waals surface area contributed by atoms with Crippen LogP contribution in [0.5, 0.6) is 0 Å². The maximum Gasteiger partial charge on any atom is 0.0991 e. The molecule has 2 unspecified atom stereocenters. The molecule has 2 rings (SSSR count). The first-order valence-corrected chi connectivity index (χ1v) is 6.47. The van der Waals surface area contributed by atoms with Crippen LogP contribution in [0.2, 0.25) is 0 Å². The monoisotopic (exact) mass is 244 g/mol. The number of ether oxygens (including phenoxy) is 1. The zero-order valence-electron chi connectivity index (χ0n) is 11.1. The Morgan fingerprint density at radius 2 is 2.33 bits per heavy atom.